The van der Waals surface area contributed by atoms with Crippen LogP contribution in [0.1, 0.15) is 0 Å². The van der Waals surface area contributed by atoms with Crippen molar-refractivity contribution in [3.8, 4) is 0 Å². The third kappa shape index (κ3) is 2.22. The van der Waals surface area contributed by atoms with Crippen molar-refractivity contribution in [3.63, 3.8) is 0 Å². The van der Waals surface area contributed by atoms with Gasteiger partial charge in [0.1, 0.15) is 6.23 Å². The van der Waals surface area contributed by atoms with E-state index in [1.807, 2.05) is 4.90 Å². The fourth-order valence-electron chi connectivity index (χ4n) is 1.13. The van der Waals surface area contributed by atoms with Crippen molar-refractivity contribution in [1.29, 1.82) is 0 Å². The molecule has 0 aromatic rings. The molecule has 4 nitrogen and oxygen atoms in total. The van der Waals surface area contributed by atoms with Gasteiger partial charge in [-0.05, 0) is 0 Å². The predicted molar refractivity (Wildman–Crippen MR) is 37.5 cm³/mol. The topological polar surface area (TPSA) is 55.7 Å². The van der Waals surface area contributed by atoms with Crippen molar-refractivity contribution < 1.29 is 10.2 Å². The zero-order valence-corrected chi connectivity index (χ0v) is 5.95. The lowest BCUT2D eigenvalue weighted by atomic mass is 10.3. The summed E-state index contributed by atoms with van der Waals surface area (Å²) in [5.41, 5.74) is 0. The van der Waals surface area contributed by atoms with Gasteiger partial charge >= 0.3 is 0 Å². The van der Waals surface area contributed by atoms with E-state index in [4.69, 9.17) is 10.2 Å². The molecule has 0 aromatic carbocycles. The van der Waals surface area contributed by atoms with Gasteiger partial charge in [-0.2, -0.15) is 0 Å². The van der Waals surface area contributed by atoms with Gasteiger partial charge in [0.25, 0.3) is 0 Å². The van der Waals surface area contributed by atoms with Gasteiger partial charge in [0.15, 0.2) is 0 Å². The van der Waals surface area contributed by atoms with Gasteiger partial charge in [-0.1, -0.05) is 0 Å². The van der Waals surface area contributed by atoms with Crippen molar-refractivity contribution in [2.24, 2.45) is 0 Å². The summed E-state index contributed by atoms with van der Waals surface area (Å²) in [4.78, 5) is 2.03. The molecule has 1 rings (SSSR count). The molecule has 10 heavy (non-hydrogen) atoms. The second-order valence-corrected chi connectivity index (χ2v) is 2.49. The van der Waals surface area contributed by atoms with E-state index < -0.39 is 6.23 Å². The fourth-order valence-corrected chi connectivity index (χ4v) is 1.13. The minimum Gasteiger partial charge on any atom is -0.395 e. The lowest BCUT2D eigenvalue weighted by molar-refractivity contribution is 0.0468. The molecule has 1 aliphatic heterocycles. The normalized spacial score (nSPS) is 28.8. The minimum atomic E-state index is -0.416. The maximum absolute atomic E-state index is 9.07. The average Bonchev–Trinajstić information content (AvgIpc) is 1.88. The summed E-state index contributed by atoms with van der Waals surface area (Å²) in [6.07, 6.45) is -0.416. The highest BCUT2D eigenvalue weighted by molar-refractivity contribution is 4.70. The Morgan fingerprint density at radius 2 is 2.40 bits per heavy atom. The summed E-state index contributed by atoms with van der Waals surface area (Å²) >= 11 is 0. The first kappa shape index (κ1) is 7.94. The molecule has 60 valence electrons. The first-order valence-electron chi connectivity index (χ1n) is 3.57. The Bertz CT molecular complexity index is 97.7. The molecule has 0 radical (unpaired) electrons. The third-order valence-electron chi connectivity index (χ3n) is 1.66. The molecule has 3 N–H and O–H groups in total. The van der Waals surface area contributed by atoms with E-state index >= 15 is 0 Å². The molecule has 0 saturated carbocycles. The molecule has 1 aliphatic rings. The number of hydrogen-bond acceptors (Lipinski definition) is 4. The second kappa shape index (κ2) is 3.88. The maximum atomic E-state index is 9.07. The minimum absolute atomic E-state index is 0.173. The Morgan fingerprint density at radius 1 is 1.60 bits per heavy atom. The van der Waals surface area contributed by atoms with Crippen molar-refractivity contribution in [1.82, 2.24) is 10.2 Å². The van der Waals surface area contributed by atoms with E-state index in [-0.39, 0.29) is 6.61 Å². The second-order valence-electron chi connectivity index (χ2n) is 2.49. The first-order valence-corrected chi connectivity index (χ1v) is 3.57. The maximum Gasteiger partial charge on any atom is 0.117 e. The Morgan fingerprint density at radius 3 is 3.00 bits per heavy atom. The zero-order chi connectivity index (χ0) is 7.40. The lowest BCUT2D eigenvalue weighted by Crippen LogP contribution is -2.51. The summed E-state index contributed by atoms with van der Waals surface area (Å²) in [5.74, 6) is 0. The van der Waals surface area contributed by atoms with E-state index in [1.54, 1.807) is 0 Å². The molecule has 1 saturated heterocycles. The van der Waals surface area contributed by atoms with Crippen molar-refractivity contribution in [2.45, 2.75) is 6.23 Å². The highest BCUT2D eigenvalue weighted by atomic mass is 16.3. The van der Waals surface area contributed by atoms with Gasteiger partial charge < -0.3 is 10.2 Å². The van der Waals surface area contributed by atoms with Crippen LogP contribution in [0.3, 0.4) is 0 Å². The monoisotopic (exact) mass is 146 g/mol. The SMILES string of the molecule is OCCN1CCNC(O)C1. The van der Waals surface area contributed by atoms with Crippen LogP contribution >= 0.6 is 0 Å². The van der Waals surface area contributed by atoms with E-state index in [1.165, 1.54) is 0 Å². The molecule has 1 heterocycles. The number of aliphatic hydroxyl groups is 2. The number of piperazine rings is 1. The van der Waals surface area contributed by atoms with Gasteiger partial charge in [-0.3, -0.25) is 10.2 Å². The van der Waals surface area contributed by atoms with Gasteiger partial charge in [-0.15, -0.1) is 0 Å². The largest absolute Gasteiger partial charge is 0.395 e. The number of aliphatic hydroxyl groups excluding tert-OH is 2. The Balaban J connectivity index is 2.18. The zero-order valence-electron chi connectivity index (χ0n) is 5.95. The standard InChI is InChI=1S/C6H14N2O2/c9-4-3-8-2-1-7-6(10)5-8/h6-7,9-10H,1-5H2. The van der Waals surface area contributed by atoms with Crippen molar-refractivity contribution in [3.05, 3.63) is 0 Å². The van der Waals surface area contributed by atoms with Gasteiger partial charge in [0.05, 0.1) is 6.61 Å². The Labute approximate surface area is 60.5 Å². The summed E-state index contributed by atoms with van der Waals surface area (Å²) in [6, 6.07) is 0. The Hall–Kier alpha value is -0.160. The molecule has 0 aromatic heterocycles. The van der Waals surface area contributed by atoms with E-state index in [0.717, 1.165) is 13.1 Å². The summed E-state index contributed by atoms with van der Waals surface area (Å²) in [6.45, 7) is 3.19. The molecule has 0 spiro atoms. The van der Waals surface area contributed by atoms with Crippen LogP contribution in [0.4, 0.5) is 0 Å². The van der Waals surface area contributed by atoms with Gasteiger partial charge in [0, 0.05) is 26.2 Å². The summed E-state index contributed by atoms with van der Waals surface area (Å²) < 4.78 is 0. The van der Waals surface area contributed by atoms with Crippen LogP contribution in [0, 0.1) is 0 Å². The summed E-state index contributed by atoms with van der Waals surface area (Å²) in [7, 11) is 0. The highest BCUT2D eigenvalue weighted by Gasteiger charge is 2.15. The molecule has 1 atom stereocenters. The van der Waals surface area contributed by atoms with Gasteiger partial charge in [-0.25, -0.2) is 0 Å². The number of nitrogens with zero attached hydrogens (tertiary/aromatic N) is 1. The van der Waals surface area contributed by atoms with E-state index in [2.05, 4.69) is 5.32 Å². The van der Waals surface area contributed by atoms with Crippen LogP contribution in [-0.4, -0.2) is 54.1 Å². The number of hydrogen-bond donors (Lipinski definition) is 3. The van der Waals surface area contributed by atoms with Crippen molar-refractivity contribution in [2.75, 3.05) is 32.8 Å². The molecule has 0 bridgehead atoms. The predicted octanol–water partition coefficient (Wildman–Crippen LogP) is -1.80. The highest BCUT2D eigenvalue weighted by Crippen LogP contribution is 1.94. The van der Waals surface area contributed by atoms with Crippen LogP contribution in [0.25, 0.3) is 0 Å². The van der Waals surface area contributed by atoms with Crippen LogP contribution in [0.5, 0.6) is 0 Å². The molecule has 1 fully saturated rings. The smallest absolute Gasteiger partial charge is 0.117 e. The van der Waals surface area contributed by atoms with Crippen LogP contribution in [0.15, 0.2) is 0 Å². The molecule has 0 amide bonds. The quantitative estimate of drug-likeness (QED) is 0.430. The molecule has 4 heteroatoms. The van der Waals surface area contributed by atoms with E-state index in [0.29, 0.717) is 13.1 Å². The molecule has 0 aliphatic carbocycles. The number of nitrogens with one attached hydrogen (secondary N) is 1. The first-order chi connectivity index (χ1) is 4.83. The third-order valence-corrected chi connectivity index (χ3v) is 1.66. The van der Waals surface area contributed by atoms with Gasteiger partial charge in [0.2, 0.25) is 0 Å². The molecular weight excluding hydrogens is 132 g/mol. The van der Waals surface area contributed by atoms with Crippen LogP contribution in [-0.2, 0) is 0 Å². The fraction of sp³-hybridized carbons (Fsp3) is 1.00. The number of β-amino-alcohol motifs (C(OH)–C–C–N with tert-alkyl or cyclic N) is 2. The lowest BCUT2D eigenvalue weighted by Gasteiger charge is -2.29. The average molecular weight is 146 g/mol. The summed E-state index contributed by atoms with van der Waals surface area (Å²) in [5, 5.41) is 20.5. The van der Waals surface area contributed by atoms with E-state index in [9.17, 15) is 0 Å². The Kier molecular flexibility index (Phi) is 3.08. The molecular formula is C6H14N2O2. The number of rotatable bonds is 2. The van der Waals surface area contributed by atoms with Crippen LogP contribution < -0.4 is 5.32 Å². The van der Waals surface area contributed by atoms with Crippen molar-refractivity contribution >= 4 is 0 Å². The molecule has 1 unspecified atom stereocenters. The van der Waals surface area contributed by atoms with Crippen LogP contribution in [0.2, 0.25) is 0 Å².